The second-order valence-corrected chi connectivity index (χ2v) is 6.58. The number of amides is 1. The standard InChI is InChI=1S/C18H16ClN7O2/c1-26-15(11-4-2-3-5-12(11)19)22-13-8-10(9-21-16(13)26)17(27)20-7-6-14-23-18(28)25-24-14/h2-5,8-9H,6-7H2,1H3,(H,20,27)(H2,23,24,25,28). The summed E-state index contributed by atoms with van der Waals surface area (Å²) in [4.78, 5) is 34.9. The Bertz CT molecular complexity index is 1220. The molecule has 3 heterocycles. The number of halogens is 1. The van der Waals surface area contributed by atoms with Crippen molar-refractivity contribution in [1.29, 1.82) is 0 Å². The van der Waals surface area contributed by atoms with Crippen LogP contribution in [-0.4, -0.2) is 42.2 Å². The van der Waals surface area contributed by atoms with Crippen LogP contribution < -0.4 is 11.0 Å². The topological polar surface area (TPSA) is 121 Å². The number of rotatable bonds is 5. The lowest BCUT2D eigenvalue weighted by atomic mass is 10.2. The van der Waals surface area contributed by atoms with Gasteiger partial charge in [0.15, 0.2) is 5.65 Å². The van der Waals surface area contributed by atoms with E-state index in [9.17, 15) is 9.59 Å². The number of nitrogens with zero attached hydrogens (tertiary/aromatic N) is 4. The molecule has 0 saturated carbocycles. The predicted octanol–water partition coefficient (Wildman–Crippen LogP) is 1.67. The van der Waals surface area contributed by atoms with E-state index in [1.54, 1.807) is 12.1 Å². The number of fused-ring (bicyclic) bond motifs is 1. The molecule has 9 nitrogen and oxygen atoms in total. The van der Waals surface area contributed by atoms with Gasteiger partial charge in [0.25, 0.3) is 5.91 Å². The molecule has 0 aliphatic carbocycles. The first-order valence-corrected chi connectivity index (χ1v) is 8.90. The Morgan fingerprint density at radius 1 is 1.32 bits per heavy atom. The first-order valence-electron chi connectivity index (χ1n) is 8.52. The van der Waals surface area contributed by atoms with Gasteiger partial charge in [0.2, 0.25) is 0 Å². The Labute approximate surface area is 163 Å². The molecule has 1 amide bonds. The van der Waals surface area contributed by atoms with Crippen LogP contribution in [0.1, 0.15) is 16.2 Å². The third kappa shape index (κ3) is 3.39. The van der Waals surface area contributed by atoms with Crippen molar-refractivity contribution >= 4 is 28.7 Å². The maximum absolute atomic E-state index is 12.4. The van der Waals surface area contributed by atoms with Crippen LogP contribution in [0.4, 0.5) is 0 Å². The molecule has 0 spiro atoms. The number of aromatic amines is 2. The monoisotopic (exact) mass is 397 g/mol. The minimum Gasteiger partial charge on any atom is -0.352 e. The fourth-order valence-corrected chi connectivity index (χ4v) is 3.12. The van der Waals surface area contributed by atoms with Crippen molar-refractivity contribution in [2.24, 2.45) is 7.05 Å². The number of nitrogens with one attached hydrogen (secondary N) is 3. The van der Waals surface area contributed by atoms with Gasteiger partial charge >= 0.3 is 5.69 Å². The number of pyridine rings is 1. The molecule has 0 aliphatic heterocycles. The summed E-state index contributed by atoms with van der Waals surface area (Å²) in [6.45, 7) is 0.324. The van der Waals surface area contributed by atoms with Crippen LogP contribution in [0.2, 0.25) is 5.02 Å². The lowest BCUT2D eigenvalue weighted by Gasteiger charge is -2.04. The van der Waals surface area contributed by atoms with Crippen molar-refractivity contribution in [3.63, 3.8) is 0 Å². The number of aromatic nitrogens is 6. The molecule has 10 heteroatoms. The second-order valence-electron chi connectivity index (χ2n) is 6.17. The average Bonchev–Trinajstić information content (AvgIpc) is 3.25. The largest absolute Gasteiger partial charge is 0.352 e. The highest BCUT2D eigenvalue weighted by molar-refractivity contribution is 6.33. The summed E-state index contributed by atoms with van der Waals surface area (Å²) >= 11 is 6.28. The highest BCUT2D eigenvalue weighted by Gasteiger charge is 2.15. The van der Waals surface area contributed by atoms with Crippen LogP contribution in [-0.2, 0) is 13.5 Å². The zero-order chi connectivity index (χ0) is 19.7. The van der Waals surface area contributed by atoms with Crippen molar-refractivity contribution in [2.45, 2.75) is 6.42 Å². The number of carbonyl (C=O) groups is 1. The molecule has 1 aromatic carbocycles. The number of carbonyl (C=O) groups excluding carboxylic acids is 1. The molecule has 4 rings (SSSR count). The van der Waals surface area contributed by atoms with E-state index >= 15 is 0 Å². The van der Waals surface area contributed by atoms with Crippen molar-refractivity contribution < 1.29 is 4.79 Å². The summed E-state index contributed by atoms with van der Waals surface area (Å²) < 4.78 is 1.84. The van der Waals surface area contributed by atoms with Crippen molar-refractivity contribution in [2.75, 3.05) is 6.54 Å². The van der Waals surface area contributed by atoms with Crippen LogP contribution in [0.15, 0.2) is 41.3 Å². The predicted molar refractivity (Wildman–Crippen MR) is 104 cm³/mol. The third-order valence-corrected chi connectivity index (χ3v) is 4.61. The van der Waals surface area contributed by atoms with Crippen LogP contribution in [0.25, 0.3) is 22.6 Å². The van der Waals surface area contributed by atoms with Gasteiger partial charge < -0.3 is 9.88 Å². The fraction of sp³-hybridized carbons (Fsp3) is 0.167. The van der Waals surface area contributed by atoms with E-state index in [0.29, 0.717) is 46.4 Å². The molecule has 3 N–H and O–H groups in total. The Kier molecular flexibility index (Phi) is 4.66. The van der Waals surface area contributed by atoms with Gasteiger partial charge in [-0.15, -0.1) is 0 Å². The number of imidazole rings is 1. The molecule has 142 valence electrons. The smallest absolute Gasteiger partial charge is 0.340 e. The Balaban J connectivity index is 1.55. The number of aryl methyl sites for hydroxylation is 1. The SMILES string of the molecule is Cn1c(-c2ccccc2Cl)nc2cc(C(=O)NCCc3n[nH]c(=O)[nH]3)cnc21. The van der Waals surface area contributed by atoms with Gasteiger partial charge in [-0.2, -0.15) is 5.10 Å². The molecular weight excluding hydrogens is 382 g/mol. The van der Waals surface area contributed by atoms with E-state index in [1.165, 1.54) is 6.20 Å². The molecule has 0 unspecified atom stereocenters. The minimum absolute atomic E-state index is 0.280. The number of benzene rings is 1. The maximum Gasteiger partial charge on any atom is 0.340 e. The summed E-state index contributed by atoms with van der Waals surface area (Å²) in [5.74, 6) is 0.873. The highest BCUT2D eigenvalue weighted by atomic mass is 35.5. The molecule has 3 aromatic heterocycles. The summed E-state index contributed by atoms with van der Waals surface area (Å²) in [6.07, 6.45) is 1.91. The quantitative estimate of drug-likeness (QED) is 0.473. The molecule has 4 aromatic rings. The molecule has 0 atom stereocenters. The number of hydrogen-bond acceptors (Lipinski definition) is 5. The molecule has 0 saturated heterocycles. The normalized spacial score (nSPS) is 11.1. The summed E-state index contributed by atoms with van der Waals surface area (Å²) in [5.41, 5.74) is 2.07. The van der Waals surface area contributed by atoms with E-state index in [4.69, 9.17) is 11.6 Å². The van der Waals surface area contributed by atoms with Crippen molar-refractivity contribution in [1.82, 2.24) is 35.0 Å². The molecular formula is C18H16ClN7O2. The lowest BCUT2D eigenvalue weighted by Crippen LogP contribution is -2.26. The number of H-pyrrole nitrogens is 2. The fourth-order valence-electron chi connectivity index (χ4n) is 2.90. The van der Waals surface area contributed by atoms with Gasteiger partial charge in [-0.05, 0) is 18.2 Å². The van der Waals surface area contributed by atoms with Gasteiger partial charge in [0, 0.05) is 31.8 Å². The van der Waals surface area contributed by atoms with Crippen molar-refractivity contribution in [3.8, 4) is 11.4 Å². The summed E-state index contributed by atoms with van der Waals surface area (Å²) in [5, 5.41) is 9.44. The minimum atomic E-state index is -0.375. The first-order chi connectivity index (χ1) is 13.5. The Morgan fingerprint density at radius 2 is 2.14 bits per heavy atom. The Morgan fingerprint density at radius 3 is 2.89 bits per heavy atom. The molecule has 28 heavy (non-hydrogen) atoms. The molecule has 0 aliphatic rings. The molecule has 0 bridgehead atoms. The summed E-state index contributed by atoms with van der Waals surface area (Å²) in [7, 11) is 1.85. The second kappa shape index (κ2) is 7.28. The zero-order valence-electron chi connectivity index (χ0n) is 14.9. The van der Waals surface area contributed by atoms with Crippen LogP contribution >= 0.6 is 11.6 Å². The van der Waals surface area contributed by atoms with Crippen LogP contribution in [0, 0.1) is 0 Å². The van der Waals surface area contributed by atoms with Crippen LogP contribution in [0.5, 0.6) is 0 Å². The van der Waals surface area contributed by atoms with Gasteiger partial charge in [0.05, 0.1) is 10.6 Å². The summed E-state index contributed by atoms with van der Waals surface area (Å²) in [6, 6.07) is 9.12. The van der Waals surface area contributed by atoms with E-state index in [-0.39, 0.29) is 11.6 Å². The maximum atomic E-state index is 12.4. The van der Waals surface area contributed by atoms with Crippen LogP contribution in [0.3, 0.4) is 0 Å². The van der Waals surface area contributed by atoms with Gasteiger partial charge in [-0.25, -0.2) is 19.9 Å². The zero-order valence-corrected chi connectivity index (χ0v) is 15.6. The van der Waals surface area contributed by atoms with Gasteiger partial charge in [-0.1, -0.05) is 23.7 Å². The Hall–Kier alpha value is -3.46. The van der Waals surface area contributed by atoms with Crippen molar-refractivity contribution in [3.05, 3.63) is 63.4 Å². The van der Waals surface area contributed by atoms with Gasteiger partial charge in [-0.3, -0.25) is 9.78 Å². The average molecular weight is 398 g/mol. The third-order valence-electron chi connectivity index (χ3n) is 4.28. The van der Waals surface area contributed by atoms with E-state index in [1.807, 2.05) is 29.8 Å². The van der Waals surface area contributed by atoms with E-state index in [0.717, 1.165) is 5.56 Å². The molecule has 0 radical (unpaired) electrons. The first kappa shape index (κ1) is 17.9. The van der Waals surface area contributed by atoms with Gasteiger partial charge in [0.1, 0.15) is 17.2 Å². The molecule has 0 fully saturated rings. The van der Waals surface area contributed by atoms with E-state index < -0.39 is 0 Å². The highest BCUT2D eigenvalue weighted by Crippen LogP contribution is 2.28. The lowest BCUT2D eigenvalue weighted by molar-refractivity contribution is 0.0954. The van der Waals surface area contributed by atoms with E-state index in [2.05, 4.69) is 30.5 Å². The number of hydrogen-bond donors (Lipinski definition) is 3.